The molecule has 1 aliphatic carbocycles. The molecule has 0 radical (unpaired) electrons. The minimum Gasteiger partial charge on any atom is -0.211 e. The van der Waals surface area contributed by atoms with Gasteiger partial charge >= 0.3 is 0 Å². The second-order valence-electron chi connectivity index (χ2n) is 5.92. The monoisotopic (exact) mass is 278 g/mol. The molecule has 4 nitrogen and oxygen atoms in total. The van der Waals surface area contributed by atoms with Crippen molar-refractivity contribution in [1.29, 1.82) is 0 Å². The molecule has 0 atom stereocenters. The minimum atomic E-state index is 0.494. The zero-order valence-corrected chi connectivity index (χ0v) is 12.4. The molecule has 0 aromatic rings. The second-order valence-corrected chi connectivity index (χ2v) is 5.92. The lowest BCUT2D eigenvalue weighted by Crippen LogP contribution is -2.24. The van der Waals surface area contributed by atoms with Crippen LogP contribution in [0.4, 0.5) is 0 Å². The lowest BCUT2D eigenvalue weighted by atomic mass is 9.68. The molecule has 0 N–H and O–H groups in total. The Labute approximate surface area is 121 Å². The van der Waals surface area contributed by atoms with Gasteiger partial charge < -0.3 is 0 Å². The molecule has 0 saturated heterocycles. The van der Waals surface area contributed by atoms with Crippen molar-refractivity contribution in [1.82, 2.24) is 0 Å². The Morgan fingerprint density at radius 1 is 0.750 bits per heavy atom. The van der Waals surface area contributed by atoms with E-state index in [0.717, 1.165) is 25.7 Å². The van der Waals surface area contributed by atoms with Crippen molar-refractivity contribution in [2.75, 3.05) is 13.1 Å². The average molecular weight is 278 g/mol. The number of nitrogens with zero attached hydrogens (tertiary/aromatic N) is 2. The number of unbranched alkanes of at least 4 members (excludes halogenated alkanes) is 2. The molecule has 1 aliphatic rings. The first-order valence-corrected chi connectivity index (χ1v) is 7.90. The molecule has 0 aliphatic heterocycles. The fraction of sp³-hybridized carbons (Fsp3) is 0.875. The summed E-state index contributed by atoms with van der Waals surface area (Å²) in [6.07, 6.45) is 16.7. The maximum atomic E-state index is 10.0. The third kappa shape index (κ3) is 6.79. The summed E-state index contributed by atoms with van der Waals surface area (Å²) in [6, 6.07) is 0. The van der Waals surface area contributed by atoms with Gasteiger partial charge in [-0.1, -0.05) is 32.1 Å². The van der Waals surface area contributed by atoms with Gasteiger partial charge in [-0.05, 0) is 43.9 Å². The van der Waals surface area contributed by atoms with E-state index in [0.29, 0.717) is 18.5 Å². The van der Waals surface area contributed by atoms with E-state index in [1.165, 1.54) is 44.9 Å². The molecule has 0 amide bonds. The van der Waals surface area contributed by atoms with E-state index < -0.39 is 0 Å². The number of rotatable bonds is 10. The normalized spacial score (nSPS) is 17.0. The van der Waals surface area contributed by atoms with Crippen molar-refractivity contribution in [3.05, 3.63) is 0 Å². The molecule has 0 bridgehead atoms. The van der Waals surface area contributed by atoms with Gasteiger partial charge in [-0.3, -0.25) is 0 Å². The van der Waals surface area contributed by atoms with Gasteiger partial charge in [-0.2, -0.15) is 0 Å². The second kappa shape index (κ2) is 10.5. The van der Waals surface area contributed by atoms with Gasteiger partial charge in [0, 0.05) is 0 Å². The quantitative estimate of drug-likeness (QED) is 0.345. The van der Waals surface area contributed by atoms with Crippen LogP contribution in [0, 0.1) is 5.41 Å². The first kappa shape index (κ1) is 16.8. The Balaban J connectivity index is 2.32. The molecule has 0 unspecified atom stereocenters. The lowest BCUT2D eigenvalue weighted by Gasteiger charge is -2.38. The van der Waals surface area contributed by atoms with E-state index in [4.69, 9.17) is 0 Å². The van der Waals surface area contributed by atoms with Crippen LogP contribution in [0.15, 0.2) is 9.98 Å². The molecule has 1 fully saturated rings. The van der Waals surface area contributed by atoms with Gasteiger partial charge in [0.2, 0.25) is 12.2 Å². The smallest absolute Gasteiger partial charge is 0.211 e. The molecule has 112 valence electrons. The van der Waals surface area contributed by atoms with E-state index >= 15 is 0 Å². The highest BCUT2D eigenvalue weighted by molar-refractivity contribution is 5.32. The van der Waals surface area contributed by atoms with Crippen LogP contribution in [0.5, 0.6) is 0 Å². The maximum absolute atomic E-state index is 10.0. The van der Waals surface area contributed by atoms with Gasteiger partial charge in [-0.15, -0.1) is 0 Å². The number of carbonyl (C=O) groups excluding carboxylic acids is 2. The number of aliphatic imine (C=N–C) groups is 2. The van der Waals surface area contributed by atoms with Gasteiger partial charge in [0.05, 0.1) is 13.1 Å². The summed E-state index contributed by atoms with van der Waals surface area (Å²) in [5.41, 5.74) is 0.494. The van der Waals surface area contributed by atoms with Crippen LogP contribution in [-0.4, -0.2) is 25.2 Å². The van der Waals surface area contributed by atoms with E-state index in [9.17, 15) is 9.59 Å². The van der Waals surface area contributed by atoms with Crippen molar-refractivity contribution in [3.63, 3.8) is 0 Å². The highest BCUT2D eigenvalue weighted by atomic mass is 16.1. The molecular weight excluding hydrogens is 252 g/mol. The van der Waals surface area contributed by atoms with Crippen LogP contribution in [0.25, 0.3) is 0 Å². The SMILES string of the molecule is O=C=NCCCCC1(CCCCN=C=O)CCCCC1. The highest BCUT2D eigenvalue weighted by Gasteiger charge is 2.30. The number of hydrogen-bond acceptors (Lipinski definition) is 4. The summed E-state index contributed by atoms with van der Waals surface area (Å²) >= 11 is 0. The Morgan fingerprint density at radius 2 is 1.25 bits per heavy atom. The molecule has 0 aromatic carbocycles. The van der Waals surface area contributed by atoms with Crippen molar-refractivity contribution in [2.24, 2.45) is 15.4 Å². The molecule has 0 aromatic heterocycles. The van der Waals surface area contributed by atoms with Crippen LogP contribution in [0.2, 0.25) is 0 Å². The Morgan fingerprint density at radius 3 is 1.70 bits per heavy atom. The highest BCUT2D eigenvalue weighted by Crippen LogP contribution is 2.44. The van der Waals surface area contributed by atoms with Crippen molar-refractivity contribution < 1.29 is 9.59 Å². The van der Waals surface area contributed by atoms with Gasteiger partial charge in [0.15, 0.2) is 0 Å². The summed E-state index contributed by atoms with van der Waals surface area (Å²) in [6.45, 7) is 1.24. The summed E-state index contributed by atoms with van der Waals surface area (Å²) in [5.74, 6) is 0. The van der Waals surface area contributed by atoms with Crippen molar-refractivity contribution >= 4 is 12.2 Å². The van der Waals surface area contributed by atoms with Crippen molar-refractivity contribution in [2.45, 2.75) is 70.6 Å². The summed E-state index contributed by atoms with van der Waals surface area (Å²) in [4.78, 5) is 27.3. The zero-order chi connectivity index (χ0) is 14.5. The summed E-state index contributed by atoms with van der Waals surface area (Å²) in [7, 11) is 0. The zero-order valence-electron chi connectivity index (χ0n) is 12.4. The molecule has 20 heavy (non-hydrogen) atoms. The largest absolute Gasteiger partial charge is 0.234 e. The fourth-order valence-corrected chi connectivity index (χ4v) is 3.40. The van der Waals surface area contributed by atoms with E-state index in [1.807, 2.05) is 0 Å². The molecule has 0 spiro atoms. The molecule has 1 saturated carbocycles. The average Bonchev–Trinajstić information content (AvgIpc) is 2.48. The van der Waals surface area contributed by atoms with Gasteiger partial charge in [0.1, 0.15) is 0 Å². The lowest BCUT2D eigenvalue weighted by molar-refractivity contribution is 0.148. The van der Waals surface area contributed by atoms with Crippen LogP contribution in [0.3, 0.4) is 0 Å². The first-order valence-electron chi connectivity index (χ1n) is 7.90. The Kier molecular flexibility index (Phi) is 8.86. The van der Waals surface area contributed by atoms with E-state index in [1.54, 1.807) is 12.2 Å². The first-order chi connectivity index (χ1) is 9.83. The molecule has 0 heterocycles. The number of hydrogen-bond donors (Lipinski definition) is 0. The van der Waals surface area contributed by atoms with Gasteiger partial charge in [0.25, 0.3) is 0 Å². The van der Waals surface area contributed by atoms with Gasteiger partial charge in [-0.25, -0.2) is 19.6 Å². The third-order valence-electron chi connectivity index (χ3n) is 4.50. The van der Waals surface area contributed by atoms with E-state index in [2.05, 4.69) is 9.98 Å². The summed E-state index contributed by atoms with van der Waals surface area (Å²) < 4.78 is 0. The topological polar surface area (TPSA) is 58.9 Å². The fourth-order valence-electron chi connectivity index (χ4n) is 3.40. The molecular formula is C16H26N2O2. The minimum absolute atomic E-state index is 0.494. The Bertz CT molecular complexity index is 321. The van der Waals surface area contributed by atoms with Crippen LogP contribution in [-0.2, 0) is 9.59 Å². The van der Waals surface area contributed by atoms with E-state index in [-0.39, 0.29) is 0 Å². The predicted octanol–water partition coefficient (Wildman–Crippen LogP) is 3.95. The molecule has 1 rings (SSSR count). The Hall–Kier alpha value is -1.24. The number of isocyanates is 2. The van der Waals surface area contributed by atoms with Crippen LogP contribution >= 0.6 is 0 Å². The standard InChI is InChI=1S/C16H26N2O2/c19-14-17-12-6-4-10-16(8-2-1-3-9-16)11-5-7-13-18-15-20/h1-13H2. The predicted molar refractivity (Wildman–Crippen MR) is 79.2 cm³/mol. The third-order valence-corrected chi connectivity index (χ3v) is 4.50. The molecule has 4 heteroatoms. The van der Waals surface area contributed by atoms with Crippen molar-refractivity contribution in [3.8, 4) is 0 Å². The summed E-state index contributed by atoms with van der Waals surface area (Å²) in [5, 5.41) is 0. The van der Waals surface area contributed by atoms with Crippen LogP contribution in [0.1, 0.15) is 70.6 Å². The maximum Gasteiger partial charge on any atom is 0.234 e. The van der Waals surface area contributed by atoms with Crippen LogP contribution < -0.4 is 0 Å².